The first-order valence-electron chi connectivity index (χ1n) is 5.86. The van der Waals surface area contributed by atoms with Gasteiger partial charge < -0.3 is 5.73 Å². The predicted molar refractivity (Wildman–Crippen MR) is 71.0 cm³/mol. The van der Waals surface area contributed by atoms with Gasteiger partial charge in [0.2, 0.25) is 0 Å². The Morgan fingerprint density at radius 2 is 2.18 bits per heavy atom. The van der Waals surface area contributed by atoms with Crippen LogP contribution in [0.4, 0.5) is 5.13 Å². The van der Waals surface area contributed by atoms with Crippen molar-refractivity contribution in [2.75, 3.05) is 5.73 Å². The number of hydrogen-bond donors (Lipinski definition) is 1. The van der Waals surface area contributed by atoms with E-state index in [-0.39, 0.29) is 5.41 Å². The van der Waals surface area contributed by atoms with Gasteiger partial charge in [0.25, 0.3) is 0 Å². The van der Waals surface area contributed by atoms with Gasteiger partial charge in [-0.1, -0.05) is 24.7 Å². The summed E-state index contributed by atoms with van der Waals surface area (Å²) < 4.78 is 0. The molecule has 1 saturated carbocycles. The molecule has 4 heteroatoms. The molecule has 2 aromatic heterocycles. The highest BCUT2D eigenvalue weighted by molar-refractivity contribution is 7.18. The van der Waals surface area contributed by atoms with E-state index >= 15 is 0 Å². The molecule has 17 heavy (non-hydrogen) atoms. The lowest BCUT2D eigenvalue weighted by molar-refractivity contribution is 0.264. The quantitative estimate of drug-likeness (QED) is 0.883. The summed E-state index contributed by atoms with van der Waals surface area (Å²) in [6.07, 6.45) is 7.53. The third kappa shape index (κ3) is 1.82. The van der Waals surface area contributed by atoms with Crippen LogP contribution < -0.4 is 5.73 Å². The van der Waals surface area contributed by atoms with Crippen LogP contribution in [0.15, 0.2) is 24.5 Å². The van der Waals surface area contributed by atoms with Crippen LogP contribution in [0.3, 0.4) is 0 Å². The molecule has 2 heterocycles. The minimum absolute atomic E-state index is 0.284. The number of nitrogens with two attached hydrogens (primary N) is 1. The average Bonchev–Trinajstić information content (AvgIpc) is 2.73. The molecular weight excluding hydrogens is 230 g/mol. The van der Waals surface area contributed by atoms with Gasteiger partial charge >= 0.3 is 0 Å². The van der Waals surface area contributed by atoms with Crippen LogP contribution in [-0.2, 0) is 5.41 Å². The summed E-state index contributed by atoms with van der Waals surface area (Å²) in [6, 6.07) is 4.21. The van der Waals surface area contributed by atoms with Gasteiger partial charge in [0, 0.05) is 23.5 Å². The molecule has 0 bridgehead atoms. The Morgan fingerprint density at radius 1 is 1.35 bits per heavy atom. The molecule has 88 valence electrons. The molecule has 0 aliphatic heterocycles. The van der Waals surface area contributed by atoms with Crippen molar-refractivity contribution in [1.82, 2.24) is 9.97 Å². The fraction of sp³-hybridized carbons (Fsp3) is 0.385. The maximum atomic E-state index is 5.67. The molecule has 0 radical (unpaired) electrons. The second-order valence-corrected chi connectivity index (χ2v) is 5.97. The van der Waals surface area contributed by atoms with Crippen molar-refractivity contribution in [3.63, 3.8) is 0 Å². The Kier molecular flexibility index (Phi) is 2.40. The molecule has 3 rings (SSSR count). The van der Waals surface area contributed by atoms with Gasteiger partial charge in [0.15, 0.2) is 5.13 Å². The summed E-state index contributed by atoms with van der Waals surface area (Å²) in [7, 11) is 0. The van der Waals surface area contributed by atoms with E-state index in [9.17, 15) is 0 Å². The highest BCUT2D eigenvalue weighted by Crippen LogP contribution is 2.43. The largest absolute Gasteiger partial charge is 0.375 e. The summed E-state index contributed by atoms with van der Waals surface area (Å²) in [5.41, 5.74) is 8.33. The van der Waals surface area contributed by atoms with E-state index in [4.69, 9.17) is 5.73 Å². The Balaban J connectivity index is 1.99. The molecule has 3 nitrogen and oxygen atoms in total. The Hall–Kier alpha value is -1.42. The molecule has 1 aliphatic rings. The topological polar surface area (TPSA) is 51.8 Å². The lowest BCUT2D eigenvalue weighted by atomic mass is 9.68. The average molecular weight is 245 g/mol. The van der Waals surface area contributed by atoms with Crippen molar-refractivity contribution in [2.45, 2.75) is 31.6 Å². The third-order valence-electron chi connectivity index (χ3n) is 3.64. The fourth-order valence-electron chi connectivity index (χ4n) is 2.30. The lowest BCUT2D eigenvalue weighted by Crippen LogP contribution is -2.31. The van der Waals surface area contributed by atoms with Crippen molar-refractivity contribution in [1.29, 1.82) is 0 Å². The van der Waals surface area contributed by atoms with E-state index in [1.165, 1.54) is 41.9 Å². The molecule has 0 unspecified atom stereocenters. The second-order valence-electron chi connectivity index (χ2n) is 4.91. The van der Waals surface area contributed by atoms with Gasteiger partial charge in [-0.15, -0.1) is 0 Å². The van der Waals surface area contributed by atoms with Gasteiger partial charge in [0.05, 0.1) is 4.88 Å². The van der Waals surface area contributed by atoms with E-state index in [0.717, 1.165) is 4.88 Å². The molecule has 2 N–H and O–H groups in total. The number of aromatic nitrogens is 2. The molecule has 0 spiro atoms. The maximum Gasteiger partial charge on any atom is 0.180 e. The number of rotatable bonds is 2. The first kappa shape index (κ1) is 10.7. The summed E-state index contributed by atoms with van der Waals surface area (Å²) >= 11 is 1.52. The first-order valence-corrected chi connectivity index (χ1v) is 6.67. The molecule has 0 saturated heterocycles. The number of thiazole rings is 1. The van der Waals surface area contributed by atoms with Crippen LogP contribution in [0.5, 0.6) is 0 Å². The first-order chi connectivity index (χ1) is 8.17. The zero-order valence-electron chi connectivity index (χ0n) is 9.81. The van der Waals surface area contributed by atoms with Gasteiger partial charge in [-0.05, 0) is 30.5 Å². The van der Waals surface area contributed by atoms with Gasteiger partial charge in [-0.25, -0.2) is 4.98 Å². The fourth-order valence-corrected chi connectivity index (χ4v) is 2.98. The van der Waals surface area contributed by atoms with E-state index in [2.05, 4.69) is 23.0 Å². The summed E-state index contributed by atoms with van der Waals surface area (Å²) in [6.45, 7) is 2.30. The zero-order valence-corrected chi connectivity index (χ0v) is 10.6. The Labute approximate surface area is 105 Å². The van der Waals surface area contributed by atoms with Crippen molar-refractivity contribution in [3.05, 3.63) is 30.2 Å². The van der Waals surface area contributed by atoms with Crippen molar-refractivity contribution < 1.29 is 0 Å². The lowest BCUT2D eigenvalue weighted by Gasteiger charge is -2.37. The summed E-state index contributed by atoms with van der Waals surface area (Å²) in [5.74, 6) is 0. The Morgan fingerprint density at radius 3 is 2.76 bits per heavy atom. The number of anilines is 1. The summed E-state index contributed by atoms with van der Waals surface area (Å²) in [5, 5.41) is 0.619. The standard InChI is InChI=1S/C13H15N3S/c1-13(4-2-5-13)11-7-9(3-6-15-11)10-8-16-12(14)17-10/h3,6-8H,2,4-5H2,1H3,(H2,14,16). The monoisotopic (exact) mass is 245 g/mol. The van der Waals surface area contributed by atoms with Crippen molar-refractivity contribution in [2.24, 2.45) is 0 Å². The van der Waals surface area contributed by atoms with E-state index in [1.807, 2.05) is 18.5 Å². The van der Waals surface area contributed by atoms with E-state index < -0.39 is 0 Å². The smallest absolute Gasteiger partial charge is 0.180 e. The van der Waals surface area contributed by atoms with Gasteiger partial charge in [0.1, 0.15) is 0 Å². The number of pyridine rings is 1. The maximum absolute atomic E-state index is 5.67. The zero-order chi connectivity index (χ0) is 11.9. The van der Waals surface area contributed by atoms with Crippen LogP contribution in [-0.4, -0.2) is 9.97 Å². The van der Waals surface area contributed by atoms with Gasteiger partial charge in [-0.3, -0.25) is 4.98 Å². The SMILES string of the molecule is CC1(c2cc(-c3cnc(N)s3)ccn2)CCC1. The highest BCUT2D eigenvalue weighted by Gasteiger charge is 2.34. The van der Waals surface area contributed by atoms with Crippen LogP contribution in [0.25, 0.3) is 10.4 Å². The summed E-state index contributed by atoms with van der Waals surface area (Å²) in [4.78, 5) is 9.73. The molecule has 2 aromatic rings. The molecule has 0 atom stereocenters. The number of hydrogen-bond acceptors (Lipinski definition) is 4. The molecule has 0 amide bonds. The van der Waals surface area contributed by atoms with Gasteiger partial charge in [-0.2, -0.15) is 0 Å². The van der Waals surface area contributed by atoms with E-state index in [1.54, 1.807) is 0 Å². The molecular formula is C13H15N3S. The van der Waals surface area contributed by atoms with Crippen LogP contribution >= 0.6 is 11.3 Å². The molecule has 0 aromatic carbocycles. The minimum atomic E-state index is 0.284. The molecule has 1 aliphatic carbocycles. The number of nitrogen functional groups attached to an aromatic ring is 1. The second kappa shape index (κ2) is 3.81. The van der Waals surface area contributed by atoms with Crippen molar-refractivity contribution in [3.8, 4) is 10.4 Å². The van der Waals surface area contributed by atoms with E-state index in [0.29, 0.717) is 5.13 Å². The minimum Gasteiger partial charge on any atom is -0.375 e. The third-order valence-corrected chi connectivity index (χ3v) is 4.52. The normalized spacial score (nSPS) is 17.7. The van der Waals surface area contributed by atoms with Crippen molar-refractivity contribution >= 4 is 16.5 Å². The van der Waals surface area contributed by atoms with Crippen LogP contribution in [0.1, 0.15) is 31.9 Å². The molecule has 1 fully saturated rings. The number of nitrogens with zero attached hydrogens (tertiary/aromatic N) is 2. The van der Waals surface area contributed by atoms with Crippen LogP contribution in [0, 0.1) is 0 Å². The predicted octanol–water partition coefficient (Wildman–Crippen LogP) is 3.23. The van der Waals surface area contributed by atoms with Crippen LogP contribution in [0.2, 0.25) is 0 Å². The Bertz CT molecular complexity index is 543. The highest BCUT2D eigenvalue weighted by atomic mass is 32.1.